The molecule has 0 aliphatic carbocycles. The van der Waals surface area contributed by atoms with Crippen LogP contribution in [0.1, 0.15) is 21.2 Å². The van der Waals surface area contributed by atoms with Crippen LogP contribution in [0.2, 0.25) is 0 Å². The highest BCUT2D eigenvalue weighted by Gasteiger charge is 2.17. The third-order valence-electron chi connectivity index (χ3n) is 4.14. The number of fused-ring (bicyclic) bond motifs is 1. The summed E-state index contributed by atoms with van der Waals surface area (Å²) in [5, 5.41) is 7.48. The van der Waals surface area contributed by atoms with Gasteiger partial charge in [0.15, 0.2) is 5.69 Å². The third kappa shape index (κ3) is 3.41. The fraction of sp³-hybridized carbons (Fsp3) is 0.100. The molecule has 1 amide bonds. The number of carbonyl (C=O) groups excluding carboxylic acids is 1. The molecule has 2 aromatic carbocycles. The van der Waals surface area contributed by atoms with Gasteiger partial charge < -0.3 is 5.32 Å². The van der Waals surface area contributed by atoms with Gasteiger partial charge in [0.25, 0.3) is 5.91 Å². The van der Waals surface area contributed by atoms with E-state index in [2.05, 4.69) is 15.4 Å². The second kappa shape index (κ2) is 7.32. The number of nitrogens with one attached hydrogen (secondary N) is 1. The first-order chi connectivity index (χ1) is 13.5. The van der Waals surface area contributed by atoms with E-state index in [1.165, 1.54) is 34.2 Å². The summed E-state index contributed by atoms with van der Waals surface area (Å²) in [5.74, 6) is -1.13. The lowest BCUT2D eigenvalue weighted by Crippen LogP contribution is -2.31. The first-order valence-corrected chi connectivity index (χ1v) is 9.33. The summed E-state index contributed by atoms with van der Waals surface area (Å²) in [6.45, 7) is 1.80. The number of amides is 1. The van der Waals surface area contributed by atoms with E-state index in [-0.39, 0.29) is 17.9 Å². The summed E-state index contributed by atoms with van der Waals surface area (Å²) in [6, 6.07) is 15.0. The Morgan fingerprint density at radius 3 is 2.71 bits per heavy atom. The van der Waals surface area contributed by atoms with Crippen molar-refractivity contribution in [3.63, 3.8) is 0 Å². The Hall–Kier alpha value is -3.39. The van der Waals surface area contributed by atoms with Crippen LogP contribution in [0.25, 0.3) is 15.9 Å². The molecule has 8 heteroatoms. The molecule has 1 N–H and O–H groups in total. The van der Waals surface area contributed by atoms with Crippen molar-refractivity contribution in [1.29, 1.82) is 0 Å². The minimum Gasteiger partial charge on any atom is -0.344 e. The number of aryl methyl sites for hydroxylation is 1. The zero-order valence-corrected chi connectivity index (χ0v) is 15.7. The van der Waals surface area contributed by atoms with Gasteiger partial charge in [-0.1, -0.05) is 24.3 Å². The lowest BCUT2D eigenvalue weighted by molar-refractivity contribution is 0.0943. The third-order valence-corrected chi connectivity index (χ3v) is 5.18. The summed E-state index contributed by atoms with van der Waals surface area (Å²) in [4.78, 5) is 29.2. The lowest BCUT2D eigenvalue weighted by Gasteiger charge is -2.11. The van der Waals surface area contributed by atoms with E-state index in [0.717, 1.165) is 15.2 Å². The predicted octanol–water partition coefficient (Wildman–Crippen LogP) is 3.22. The second-order valence-electron chi connectivity index (χ2n) is 6.12. The van der Waals surface area contributed by atoms with Crippen LogP contribution in [0.4, 0.5) is 4.39 Å². The smallest absolute Gasteiger partial charge is 0.276 e. The van der Waals surface area contributed by atoms with Crippen LogP contribution in [0.15, 0.2) is 59.4 Å². The van der Waals surface area contributed by atoms with Gasteiger partial charge in [0.05, 0.1) is 16.8 Å². The molecular formula is C20H15FN4O2S. The van der Waals surface area contributed by atoms with Gasteiger partial charge in [-0.2, -0.15) is 5.10 Å². The van der Waals surface area contributed by atoms with Gasteiger partial charge in [0, 0.05) is 11.8 Å². The van der Waals surface area contributed by atoms with Crippen LogP contribution in [0.3, 0.4) is 0 Å². The average molecular weight is 394 g/mol. The Labute approximate surface area is 163 Å². The second-order valence-corrected chi connectivity index (χ2v) is 7.23. The number of hydrogen-bond acceptors (Lipinski definition) is 5. The van der Waals surface area contributed by atoms with Crippen molar-refractivity contribution in [2.24, 2.45) is 0 Å². The van der Waals surface area contributed by atoms with Crippen LogP contribution in [-0.2, 0) is 6.54 Å². The van der Waals surface area contributed by atoms with Crippen molar-refractivity contribution in [3.05, 3.63) is 87.0 Å². The Morgan fingerprint density at radius 2 is 1.93 bits per heavy atom. The van der Waals surface area contributed by atoms with Gasteiger partial charge in [-0.05, 0) is 31.2 Å². The summed E-state index contributed by atoms with van der Waals surface area (Å²) in [7, 11) is 0. The molecular weight excluding hydrogens is 379 g/mol. The molecule has 0 atom stereocenters. The molecule has 28 heavy (non-hydrogen) atoms. The maximum atomic E-state index is 14.1. The Bertz CT molecular complexity index is 1220. The molecule has 0 bridgehead atoms. The Morgan fingerprint density at radius 1 is 1.18 bits per heavy atom. The van der Waals surface area contributed by atoms with Crippen LogP contribution in [0, 0.1) is 12.7 Å². The summed E-state index contributed by atoms with van der Waals surface area (Å²) in [6.07, 6.45) is 0. The maximum absolute atomic E-state index is 14.1. The number of rotatable bonds is 4. The van der Waals surface area contributed by atoms with Crippen molar-refractivity contribution < 1.29 is 9.18 Å². The van der Waals surface area contributed by atoms with Crippen molar-refractivity contribution >= 4 is 27.5 Å². The molecule has 0 radical (unpaired) electrons. The molecule has 6 nitrogen and oxygen atoms in total. The van der Waals surface area contributed by atoms with Crippen molar-refractivity contribution in [2.45, 2.75) is 13.5 Å². The molecule has 4 aromatic rings. The van der Waals surface area contributed by atoms with Gasteiger partial charge in [-0.15, -0.1) is 11.3 Å². The van der Waals surface area contributed by atoms with Gasteiger partial charge >= 0.3 is 0 Å². The number of thiazole rings is 1. The normalized spacial score (nSPS) is 10.9. The summed E-state index contributed by atoms with van der Waals surface area (Å²) < 4.78 is 16.4. The standard InChI is InChI=1S/C20H15FN4O2S/c1-12-10-16(26)19(24-25(12)15-8-4-2-6-13(15)21)20(27)22-11-18-23-14-7-3-5-9-17(14)28-18/h2-10H,11H2,1H3,(H,22,27). The van der Waals surface area contributed by atoms with E-state index < -0.39 is 17.2 Å². The first kappa shape index (κ1) is 18.0. The van der Waals surface area contributed by atoms with E-state index in [1.807, 2.05) is 24.3 Å². The zero-order valence-electron chi connectivity index (χ0n) is 14.8. The number of para-hydroxylation sites is 2. The maximum Gasteiger partial charge on any atom is 0.276 e. The van der Waals surface area contributed by atoms with E-state index >= 15 is 0 Å². The number of hydrogen-bond donors (Lipinski definition) is 1. The largest absolute Gasteiger partial charge is 0.344 e. The molecule has 4 rings (SSSR count). The van der Waals surface area contributed by atoms with Gasteiger partial charge in [0.2, 0.25) is 5.43 Å². The van der Waals surface area contributed by atoms with E-state index in [4.69, 9.17) is 0 Å². The number of nitrogens with zero attached hydrogens (tertiary/aromatic N) is 3. The van der Waals surface area contributed by atoms with Gasteiger partial charge in [0.1, 0.15) is 16.5 Å². The quantitative estimate of drug-likeness (QED) is 0.577. The molecule has 2 heterocycles. The number of benzene rings is 2. The van der Waals surface area contributed by atoms with Crippen LogP contribution >= 0.6 is 11.3 Å². The highest BCUT2D eigenvalue weighted by Crippen LogP contribution is 2.21. The fourth-order valence-electron chi connectivity index (χ4n) is 2.81. The van der Waals surface area contributed by atoms with Crippen molar-refractivity contribution in [1.82, 2.24) is 20.1 Å². The van der Waals surface area contributed by atoms with E-state index in [0.29, 0.717) is 5.69 Å². The molecule has 140 valence electrons. The molecule has 0 spiro atoms. The van der Waals surface area contributed by atoms with E-state index in [1.54, 1.807) is 19.1 Å². The molecule has 0 aliphatic heterocycles. The SMILES string of the molecule is Cc1cc(=O)c(C(=O)NCc2nc3ccccc3s2)nn1-c1ccccc1F. The van der Waals surface area contributed by atoms with Crippen LogP contribution < -0.4 is 10.7 Å². The molecule has 0 unspecified atom stereocenters. The Balaban J connectivity index is 1.61. The molecule has 0 fully saturated rings. The minimum absolute atomic E-state index is 0.167. The van der Waals surface area contributed by atoms with E-state index in [9.17, 15) is 14.0 Å². The minimum atomic E-state index is -0.630. The topological polar surface area (TPSA) is 76.9 Å². The number of aromatic nitrogens is 3. The van der Waals surface area contributed by atoms with Gasteiger partial charge in [-0.25, -0.2) is 14.1 Å². The van der Waals surface area contributed by atoms with Crippen LogP contribution in [-0.4, -0.2) is 20.7 Å². The molecule has 0 aliphatic rings. The molecule has 0 saturated heterocycles. The average Bonchev–Trinajstić information content (AvgIpc) is 3.10. The Kier molecular flexibility index (Phi) is 4.70. The van der Waals surface area contributed by atoms with Crippen LogP contribution in [0.5, 0.6) is 0 Å². The summed E-state index contributed by atoms with van der Waals surface area (Å²) in [5.41, 5.74) is 0.631. The molecule has 2 aromatic heterocycles. The highest BCUT2D eigenvalue weighted by molar-refractivity contribution is 7.18. The van der Waals surface area contributed by atoms with Crippen molar-refractivity contribution in [2.75, 3.05) is 0 Å². The highest BCUT2D eigenvalue weighted by atomic mass is 32.1. The number of carbonyl (C=O) groups is 1. The van der Waals surface area contributed by atoms with Gasteiger partial charge in [-0.3, -0.25) is 9.59 Å². The van der Waals surface area contributed by atoms with Crippen molar-refractivity contribution in [3.8, 4) is 5.69 Å². The lowest BCUT2D eigenvalue weighted by atomic mass is 10.2. The number of halogens is 1. The molecule has 0 saturated carbocycles. The summed E-state index contributed by atoms with van der Waals surface area (Å²) >= 11 is 1.46. The predicted molar refractivity (Wildman–Crippen MR) is 105 cm³/mol. The zero-order chi connectivity index (χ0) is 19.7. The first-order valence-electron chi connectivity index (χ1n) is 8.51. The monoisotopic (exact) mass is 394 g/mol. The fourth-order valence-corrected chi connectivity index (χ4v) is 3.71.